The Morgan fingerprint density at radius 2 is 2.08 bits per heavy atom. The molecule has 1 atom stereocenters. The predicted octanol–water partition coefficient (Wildman–Crippen LogP) is 2.94. The summed E-state index contributed by atoms with van der Waals surface area (Å²) < 4.78 is 0. The van der Waals surface area contributed by atoms with Gasteiger partial charge in [-0.25, -0.2) is 0 Å². The largest absolute Gasteiger partial charge is 0.360 e. The van der Waals surface area contributed by atoms with E-state index in [2.05, 4.69) is 58.4 Å². The number of anilines is 1. The molecule has 0 aromatic carbocycles. The van der Waals surface area contributed by atoms with Crippen LogP contribution in [0.1, 0.15) is 26.7 Å². The second-order valence-corrected chi connectivity index (χ2v) is 7.79. The molecule has 7 heteroatoms. The van der Waals surface area contributed by atoms with Crippen molar-refractivity contribution in [1.29, 1.82) is 0 Å². The van der Waals surface area contributed by atoms with Crippen LogP contribution in [0.5, 0.6) is 0 Å². The standard InChI is InChI=1S/C18H31N5S.HI/c1-4-19-18(20-14-15(2)21(3)16-7-8-16)23-11-9-22(10-12-23)17-6-5-13-24-17;/h5-6,13,15-16H,4,7-12,14H2,1-3H3,(H,19,20);1H. The van der Waals surface area contributed by atoms with Crippen molar-refractivity contribution >= 4 is 46.3 Å². The molecule has 1 aliphatic carbocycles. The number of rotatable bonds is 6. The fourth-order valence-corrected chi connectivity index (χ4v) is 3.99. The van der Waals surface area contributed by atoms with Gasteiger partial charge in [0.05, 0.1) is 11.5 Å². The molecule has 3 rings (SSSR count). The van der Waals surface area contributed by atoms with E-state index >= 15 is 0 Å². The van der Waals surface area contributed by atoms with Crippen LogP contribution in [0.3, 0.4) is 0 Å². The third kappa shape index (κ3) is 5.72. The average molecular weight is 477 g/mol. The van der Waals surface area contributed by atoms with Gasteiger partial charge >= 0.3 is 0 Å². The summed E-state index contributed by atoms with van der Waals surface area (Å²) in [5, 5.41) is 7.03. The van der Waals surface area contributed by atoms with Crippen molar-refractivity contribution in [3.8, 4) is 0 Å². The molecule has 1 aromatic rings. The van der Waals surface area contributed by atoms with E-state index in [9.17, 15) is 0 Å². The Morgan fingerprint density at radius 1 is 1.36 bits per heavy atom. The van der Waals surface area contributed by atoms with Crippen LogP contribution in [-0.2, 0) is 0 Å². The van der Waals surface area contributed by atoms with Crippen molar-refractivity contribution in [3.05, 3.63) is 17.5 Å². The maximum absolute atomic E-state index is 4.93. The number of hydrogen-bond donors (Lipinski definition) is 1. The lowest BCUT2D eigenvalue weighted by Gasteiger charge is -2.37. The molecule has 1 saturated heterocycles. The monoisotopic (exact) mass is 477 g/mol. The highest BCUT2D eigenvalue weighted by molar-refractivity contribution is 14.0. The molecule has 0 amide bonds. The second-order valence-electron chi connectivity index (χ2n) is 6.87. The first-order valence-electron chi connectivity index (χ1n) is 9.22. The Balaban J connectivity index is 0.00000225. The van der Waals surface area contributed by atoms with E-state index in [1.807, 2.05) is 11.3 Å². The Labute approximate surface area is 173 Å². The van der Waals surface area contributed by atoms with Crippen LogP contribution < -0.4 is 10.2 Å². The number of piperazine rings is 1. The van der Waals surface area contributed by atoms with Crippen LogP contribution in [0.4, 0.5) is 5.00 Å². The van der Waals surface area contributed by atoms with E-state index < -0.39 is 0 Å². The Bertz CT molecular complexity index is 524. The van der Waals surface area contributed by atoms with Crippen molar-refractivity contribution in [1.82, 2.24) is 15.1 Å². The van der Waals surface area contributed by atoms with E-state index in [1.54, 1.807) is 0 Å². The topological polar surface area (TPSA) is 34.1 Å². The highest BCUT2D eigenvalue weighted by atomic mass is 127. The number of nitrogens with zero attached hydrogens (tertiary/aromatic N) is 4. The van der Waals surface area contributed by atoms with Gasteiger partial charge in [0, 0.05) is 44.8 Å². The highest BCUT2D eigenvalue weighted by Crippen LogP contribution is 2.27. The van der Waals surface area contributed by atoms with Gasteiger partial charge in [-0.05, 0) is 51.2 Å². The van der Waals surface area contributed by atoms with Crippen molar-refractivity contribution in [3.63, 3.8) is 0 Å². The summed E-state index contributed by atoms with van der Waals surface area (Å²) in [6, 6.07) is 5.66. The Kier molecular flexibility index (Phi) is 8.28. The normalized spacial score (nSPS) is 19.8. The van der Waals surface area contributed by atoms with Crippen LogP contribution >= 0.6 is 35.3 Å². The molecule has 142 valence electrons. The van der Waals surface area contributed by atoms with Gasteiger partial charge in [0.15, 0.2) is 5.96 Å². The maximum atomic E-state index is 4.93. The molecule has 2 aliphatic rings. The van der Waals surface area contributed by atoms with Crippen LogP contribution in [0.2, 0.25) is 0 Å². The van der Waals surface area contributed by atoms with Gasteiger partial charge in [-0.1, -0.05) is 0 Å². The number of halogens is 1. The second kappa shape index (κ2) is 9.97. The van der Waals surface area contributed by atoms with E-state index in [4.69, 9.17) is 4.99 Å². The lowest BCUT2D eigenvalue weighted by molar-refractivity contribution is 0.252. The SMILES string of the molecule is CCNC(=NCC(C)N(C)C1CC1)N1CCN(c2cccs2)CC1.I. The first-order chi connectivity index (χ1) is 11.7. The molecule has 0 bridgehead atoms. The van der Waals surface area contributed by atoms with E-state index in [-0.39, 0.29) is 24.0 Å². The van der Waals surface area contributed by atoms with Gasteiger partial charge < -0.3 is 15.1 Å². The minimum atomic E-state index is 0. The highest BCUT2D eigenvalue weighted by Gasteiger charge is 2.29. The van der Waals surface area contributed by atoms with Gasteiger partial charge in [0.25, 0.3) is 0 Å². The van der Waals surface area contributed by atoms with Gasteiger partial charge in [-0.15, -0.1) is 35.3 Å². The lowest BCUT2D eigenvalue weighted by atomic mass is 10.3. The molecule has 25 heavy (non-hydrogen) atoms. The van der Waals surface area contributed by atoms with Gasteiger partial charge in [0.1, 0.15) is 0 Å². The zero-order valence-corrected chi connectivity index (χ0v) is 18.8. The summed E-state index contributed by atoms with van der Waals surface area (Å²) in [7, 11) is 2.24. The molecule has 1 N–H and O–H groups in total. The lowest BCUT2D eigenvalue weighted by Crippen LogP contribution is -2.52. The van der Waals surface area contributed by atoms with Crippen molar-refractivity contribution in [2.75, 3.05) is 51.2 Å². The average Bonchev–Trinajstić information content (AvgIpc) is 3.32. The van der Waals surface area contributed by atoms with Crippen LogP contribution in [0.15, 0.2) is 22.5 Å². The molecule has 1 aromatic heterocycles. The molecule has 2 heterocycles. The number of likely N-dealkylation sites (N-methyl/N-ethyl adjacent to an activating group) is 1. The van der Waals surface area contributed by atoms with Gasteiger partial charge in [0.2, 0.25) is 0 Å². The zero-order valence-electron chi connectivity index (χ0n) is 15.6. The zero-order chi connectivity index (χ0) is 16.9. The summed E-state index contributed by atoms with van der Waals surface area (Å²) in [6.45, 7) is 10.5. The van der Waals surface area contributed by atoms with Crippen LogP contribution in [0.25, 0.3) is 0 Å². The number of guanidine groups is 1. The van der Waals surface area contributed by atoms with Gasteiger partial charge in [-0.2, -0.15) is 0 Å². The smallest absolute Gasteiger partial charge is 0.194 e. The number of hydrogen-bond acceptors (Lipinski definition) is 4. The third-order valence-corrected chi connectivity index (χ3v) is 5.98. The third-order valence-electron chi connectivity index (χ3n) is 5.06. The molecule has 1 saturated carbocycles. The van der Waals surface area contributed by atoms with Crippen LogP contribution in [-0.4, -0.2) is 74.2 Å². The fraction of sp³-hybridized carbons (Fsp3) is 0.722. The maximum Gasteiger partial charge on any atom is 0.194 e. The first-order valence-corrected chi connectivity index (χ1v) is 10.1. The summed E-state index contributed by atoms with van der Waals surface area (Å²) in [6.07, 6.45) is 2.71. The van der Waals surface area contributed by atoms with Crippen molar-refractivity contribution in [2.24, 2.45) is 4.99 Å². The number of nitrogens with one attached hydrogen (secondary N) is 1. The fourth-order valence-electron chi connectivity index (χ4n) is 3.20. The molecular formula is C18H32IN5S. The Morgan fingerprint density at radius 3 is 2.64 bits per heavy atom. The first kappa shape index (κ1) is 20.8. The summed E-state index contributed by atoms with van der Waals surface area (Å²) in [5.41, 5.74) is 0. The van der Waals surface area contributed by atoms with Crippen LogP contribution in [0, 0.1) is 0 Å². The molecule has 1 unspecified atom stereocenters. The Hall–Kier alpha value is -0.540. The van der Waals surface area contributed by atoms with Gasteiger partial charge in [-0.3, -0.25) is 9.89 Å². The summed E-state index contributed by atoms with van der Waals surface area (Å²) >= 11 is 1.83. The predicted molar refractivity (Wildman–Crippen MR) is 120 cm³/mol. The molecule has 0 radical (unpaired) electrons. The van der Waals surface area contributed by atoms with E-state index in [0.29, 0.717) is 6.04 Å². The quantitative estimate of drug-likeness (QED) is 0.388. The molecule has 0 spiro atoms. The molecule has 2 fully saturated rings. The van der Waals surface area contributed by atoms with E-state index in [1.165, 1.54) is 17.8 Å². The van der Waals surface area contributed by atoms with E-state index in [0.717, 1.165) is 51.3 Å². The summed E-state index contributed by atoms with van der Waals surface area (Å²) in [5.74, 6) is 1.08. The number of thiophene rings is 1. The minimum absolute atomic E-state index is 0. The number of aliphatic imine (C=N–C) groups is 1. The molecule has 5 nitrogen and oxygen atoms in total. The minimum Gasteiger partial charge on any atom is -0.360 e. The molecule has 1 aliphatic heterocycles. The van der Waals surface area contributed by atoms with Crippen molar-refractivity contribution < 1.29 is 0 Å². The summed E-state index contributed by atoms with van der Waals surface area (Å²) in [4.78, 5) is 12.3. The molecular weight excluding hydrogens is 445 g/mol. The van der Waals surface area contributed by atoms with Crippen molar-refractivity contribution in [2.45, 2.75) is 38.8 Å².